The fourth-order valence-electron chi connectivity index (χ4n) is 4.83. The molecule has 3 heterocycles. The zero-order valence-corrected chi connectivity index (χ0v) is 17.8. The van der Waals surface area contributed by atoms with Crippen LogP contribution in [0.1, 0.15) is 55.8 Å². The molecule has 31 heavy (non-hydrogen) atoms. The van der Waals surface area contributed by atoms with Crippen molar-refractivity contribution in [1.82, 2.24) is 19.8 Å². The topological polar surface area (TPSA) is 86.6 Å². The summed E-state index contributed by atoms with van der Waals surface area (Å²) in [7, 11) is 0. The van der Waals surface area contributed by atoms with Gasteiger partial charge in [0, 0.05) is 37.5 Å². The van der Waals surface area contributed by atoms with E-state index in [0.29, 0.717) is 31.5 Å². The van der Waals surface area contributed by atoms with Crippen LogP contribution in [0.4, 0.5) is 0 Å². The Morgan fingerprint density at radius 3 is 2.52 bits per heavy atom. The molecule has 1 N–H and O–H groups in total. The lowest BCUT2D eigenvalue weighted by Gasteiger charge is -2.33. The number of amides is 2. The van der Waals surface area contributed by atoms with E-state index < -0.39 is 12.1 Å². The summed E-state index contributed by atoms with van der Waals surface area (Å²) in [5.41, 5.74) is 1.84. The van der Waals surface area contributed by atoms with E-state index in [-0.39, 0.29) is 17.9 Å². The predicted molar refractivity (Wildman–Crippen MR) is 116 cm³/mol. The van der Waals surface area contributed by atoms with Gasteiger partial charge in [-0.2, -0.15) is 0 Å². The zero-order valence-electron chi connectivity index (χ0n) is 17.8. The van der Waals surface area contributed by atoms with Crippen molar-refractivity contribution in [3.8, 4) is 0 Å². The number of aliphatic hydroxyl groups is 1. The number of aryl methyl sites for hydroxylation is 1. The summed E-state index contributed by atoms with van der Waals surface area (Å²) in [6.07, 6.45) is 9.00. The van der Waals surface area contributed by atoms with Crippen LogP contribution in [0.25, 0.3) is 0 Å². The first kappa shape index (κ1) is 21.4. The van der Waals surface area contributed by atoms with Gasteiger partial charge in [0.2, 0.25) is 11.8 Å². The first-order chi connectivity index (χ1) is 15.1. The molecule has 2 amide bonds. The molecule has 2 aliphatic heterocycles. The van der Waals surface area contributed by atoms with Crippen molar-refractivity contribution in [2.75, 3.05) is 13.1 Å². The number of carbonyl (C=O) groups is 2. The van der Waals surface area contributed by atoms with Gasteiger partial charge < -0.3 is 14.9 Å². The highest BCUT2D eigenvalue weighted by molar-refractivity contribution is 5.88. The monoisotopic (exact) mass is 422 g/mol. The minimum atomic E-state index is -0.816. The van der Waals surface area contributed by atoms with Crippen LogP contribution in [0.2, 0.25) is 0 Å². The Bertz CT molecular complexity index is 877. The van der Waals surface area contributed by atoms with Gasteiger partial charge in [0.15, 0.2) is 0 Å². The average molecular weight is 423 g/mol. The van der Waals surface area contributed by atoms with E-state index in [4.69, 9.17) is 0 Å². The molecule has 0 aliphatic carbocycles. The van der Waals surface area contributed by atoms with E-state index in [9.17, 15) is 14.7 Å². The Morgan fingerprint density at radius 2 is 1.74 bits per heavy atom. The minimum Gasteiger partial charge on any atom is -0.386 e. The molecule has 3 atom stereocenters. The van der Waals surface area contributed by atoms with Crippen molar-refractivity contribution in [1.29, 1.82) is 0 Å². The standard InChI is InChI=1S/C24H30N4O3/c29-22(12-4-9-18-7-2-1-3-8-18)27-13-6-11-21(27)24(31)28-14-5-10-20(28)23(30)19-15-25-17-26-16-19/h1-3,7-8,15-17,20-21,23,30H,4-6,9-14H2/t20-,21-,23?/m0/s1. The maximum atomic E-state index is 13.4. The van der Waals surface area contributed by atoms with Gasteiger partial charge in [0.25, 0.3) is 0 Å². The summed E-state index contributed by atoms with van der Waals surface area (Å²) < 4.78 is 0. The van der Waals surface area contributed by atoms with Gasteiger partial charge in [-0.15, -0.1) is 0 Å². The summed E-state index contributed by atoms with van der Waals surface area (Å²) in [6, 6.07) is 9.44. The molecule has 1 aromatic carbocycles. The van der Waals surface area contributed by atoms with Gasteiger partial charge >= 0.3 is 0 Å². The first-order valence-corrected chi connectivity index (χ1v) is 11.2. The molecule has 0 saturated carbocycles. The number of nitrogens with zero attached hydrogens (tertiary/aromatic N) is 4. The Balaban J connectivity index is 1.37. The summed E-state index contributed by atoms with van der Waals surface area (Å²) >= 11 is 0. The molecule has 1 aromatic heterocycles. The van der Waals surface area contributed by atoms with Crippen LogP contribution in [-0.4, -0.2) is 61.9 Å². The van der Waals surface area contributed by atoms with Crippen molar-refractivity contribution in [3.63, 3.8) is 0 Å². The molecule has 1 unspecified atom stereocenters. The van der Waals surface area contributed by atoms with Crippen molar-refractivity contribution in [2.24, 2.45) is 0 Å². The molecular weight excluding hydrogens is 392 g/mol. The van der Waals surface area contributed by atoms with Crippen LogP contribution in [0.3, 0.4) is 0 Å². The van der Waals surface area contributed by atoms with Crippen molar-refractivity contribution in [3.05, 3.63) is 60.2 Å². The Labute approximate surface area is 183 Å². The molecule has 7 heteroatoms. The molecule has 0 spiro atoms. The van der Waals surface area contributed by atoms with Crippen molar-refractivity contribution < 1.29 is 14.7 Å². The van der Waals surface area contributed by atoms with E-state index in [1.54, 1.807) is 22.2 Å². The van der Waals surface area contributed by atoms with Crippen LogP contribution in [0.5, 0.6) is 0 Å². The fraction of sp³-hybridized carbons (Fsp3) is 0.500. The number of hydrogen-bond acceptors (Lipinski definition) is 5. The van der Waals surface area contributed by atoms with Gasteiger partial charge in [-0.1, -0.05) is 30.3 Å². The number of aromatic nitrogens is 2. The van der Waals surface area contributed by atoms with Crippen LogP contribution in [0, 0.1) is 0 Å². The predicted octanol–water partition coefficient (Wildman–Crippen LogP) is 2.51. The third-order valence-electron chi connectivity index (χ3n) is 6.43. The van der Waals surface area contributed by atoms with E-state index in [0.717, 1.165) is 32.1 Å². The van der Waals surface area contributed by atoms with Crippen LogP contribution in [0.15, 0.2) is 49.1 Å². The average Bonchev–Trinajstić information content (AvgIpc) is 3.49. The molecule has 2 saturated heterocycles. The third-order valence-corrected chi connectivity index (χ3v) is 6.43. The van der Waals surface area contributed by atoms with Gasteiger partial charge in [-0.3, -0.25) is 9.59 Å². The quantitative estimate of drug-likeness (QED) is 0.741. The number of hydrogen-bond donors (Lipinski definition) is 1. The summed E-state index contributed by atoms with van der Waals surface area (Å²) in [4.78, 5) is 37.8. The van der Waals surface area contributed by atoms with Gasteiger partial charge in [-0.05, 0) is 44.1 Å². The van der Waals surface area contributed by atoms with Crippen LogP contribution < -0.4 is 0 Å². The molecule has 2 fully saturated rings. The lowest BCUT2D eigenvalue weighted by atomic mass is 10.0. The first-order valence-electron chi connectivity index (χ1n) is 11.2. The highest BCUT2D eigenvalue weighted by atomic mass is 16.3. The number of benzene rings is 1. The Kier molecular flexibility index (Phi) is 6.92. The lowest BCUT2D eigenvalue weighted by molar-refractivity contribution is -0.145. The van der Waals surface area contributed by atoms with Crippen molar-refractivity contribution in [2.45, 2.75) is 63.1 Å². The minimum absolute atomic E-state index is 0.0349. The summed E-state index contributed by atoms with van der Waals surface area (Å²) in [5, 5.41) is 10.8. The second kappa shape index (κ2) is 10.0. The number of likely N-dealkylation sites (tertiary alicyclic amines) is 2. The van der Waals surface area contributed by atoms with Gasteiger partial charge in [0.05, 0.1) is 6.04 Å². The van der Waals surface area contributed by atoms with Crippen LogP contribution >= 0.6 is 0 Å². The molecule has 164 valence electrons. The SMILES string of the molecule is O=C(CCCc1ccccc1)N1CCC[C@H]1C(=O)N1CCC[C@H]1C(O)c1cncnc1. The van der Waals surface area contributed by atoms with E-state index >= 15 is 0 Å². The molecule has 7 nitrogen and oxygen atoms in total. The zero-order chi connectivity index (χ0) is 21.6. The number of carbonyl (C=O) groups excluding carboxylic acids is 2. The lowest BCUT2D eigenvalue weighted by Crippen LogP contribution is -2.50. The fourth-order valence-corrected chi connectivity index (χ4v) is 4.83. The molecule has 0 radical (unpaired) electrons. The second-order valence-electron chi connectivity index (χ2n) is 8.44. The molecule has 2 aliphatic rings. The smallest absolute Gasteiger partial charge is 0.245 e. The van der Waals surface area contributed by atoms with E-state index in [1.165, 1.54) is 11.9 Å². The second-order valence-corrected chi connectivity index (χ2v) is 8.44. The maximum absolute atomic E-state index is 13.4. The number of rotatable bonds is 7. The molecule has 4 rings (SSSR count). The van der Waals surface area contributed by atoms with Crippen molar-refractivity contribution >= 4 is 11.8 Å². The number of aliphatic hydroxyl groups excluding tert-OH is 1. The maximum Gasteiger partial charge on any atom is 0.245 e. The highest BCUT2D eigenvalue weighted by Crippen LogP contribution is 2.31. The van der Waals surface area contributed by atoms with E-state index in [1.807, 2.05) is 18.2 Å². The van der Waals surface area contributed by atoms with Gasteiger partial charge in [0.1, 0.15) is 18.5 Å². The largest absolute Gasteiger partial charge is 0.386 e. The Morgan fingerprint density at radius 1 is 1.03 bits per heavy atom. The summed E-state index contributed by atoms with van der Waals surface area (Å²) in [6.45, 7) is 1.24. The molecule has 2 aromatic rings. The summed E-state index contributed by atoms with van der Waals surface area (Å²) in [5.74, 6) is 0.0202. The van der Waals surface area contributed by atoms with Gasteiger partial charge in [-0.25, -0.2) is 9.97 Å². The Hall–Kier alpha value is -2.80. The molecular formula is C24H30N4O3. The third kappa shape index (κ3) is 4.93. The van der Waals surface area contributed by atoms with Crippen LogP contribution in [-0.2, 0) is 16.0 Å². The highest BCUT2D eigenvalue weighted by Gasteiger charge is 2.42. The molecule has 0 bridgehead atoms. The normalized spacial score (nSPS) is 22.0. The van der Waals surface area contributed by atoms with E-state index in [2.05, 4.69) is 22.1 Å².